The van der Waals surface area contributed by atoms with Crippen LogP contribution in [0.15, 0.2) is 20.9 Å². The average Bonchev–Trinajstić information content (AvgIpc) is 2.34. The summed E-state index contributed by atoms with van der Waals surface area (Å²) in [5, 5.41) is 0. The van der Waals surface area contributed by atoms with Crippen LogP contribution in [0.1, 0.15) is 11.8 Å². The summed E-state index contributed by atoms with van der Waals surface area (Å²) in [7, 11) is 1.81. The van der Waals surface area contributed by atoms with Gasteiger partial charge in [-0.2, -0.15) is 0 Å². The maximum Gasteiger partial charge on any atom is 0.0705 e. The van der Waals surface area contributed by atoms with Crippen molar-refractivity contribution in [3.05, 3.63) is 20.8 Å². The van der Waals surface area contributed by atoms with Crippen LogP contribution in [0.4, 0.5) is 0 Å². The van der Waals surface area contributed by atoms with Crippen molar-refractivity contribution < 1.29 is 0 Å². The number of thiophene rings is 1. The van der Waals surface area contributed by atoms with E-state index in [1.165, 1.54) is 4.88 Å². The first-order valence-electron chi connectivity index (χ1n) is 2.93. The van der Waals surface area contributed by atoms with Gasteiger partial charge in [-0.15, -0.1) is 11.3 Å². The molecule has 10 heavy (non-hydrogen) atoms. The van der Waals surface area contributed by atoms with Crippen molar-refractivity contribution in [1.29, 1.82) is 0 Å². The molecule has 0 fully saturated rings. The molecule has 1 heterocycles. The third-order valence-corrected chi connectivity index (χ3v) is 3.00. The van der Waals surface area contributed by atoms with E-state index in [0.29, 0.717) is 0 Å². The van der Waals surface area contributed by atoms with Crippen LogP contribution in [-0.2, 0) is 0 Å². The zero-order chi connectivity index (χ0) is 7.56. The molecule has 1 nitrogen and oxygen atoms in total. The van der Waals surface area contributed by atoms with E-state index in [-0.39, 0.29) is 0 Å². The summed E-state index contributed by atoms with van der Waals surface area (Å²) in [4.78, 5) is 5.31. The van der Waals surface area contributed by atoms with E-state index in [1.807, 2.05) is 20.0 Å². The van der Waals surface area contributed by atoms with Gasteiger partial charge in [-0.3, -0.25) is 4.99 Å². The molecule has 0 aromatic carbocycles. The average molecular weight is 218 g/mol. The highest BCUT2D eigenvalue weighted by Gasteiger charge is 1.98. The quantitative estimate of drug-likeness (QED) is 0.642. The van der Waals surface area contributed by atoms with Gasteiger partial charge in [-0.05, 0) is 35.0 Å². The number of nitrogens with zero attached hydrogens (tertiary/aromatic N) is 1. The molecule has 0 spiro atoms. The summed E-state index contributed by atoms with van der Waals surface area (Å²) >= 11 is 5.10. The molecular weight excluding hydrogens is 210 g/mol. The molecule has 1 aromatic heterocycles. The van der Waals surface area contributed by atoms with Gasteiger partial charge in [0.25, 0.3) is 0 Å². The highest BCUT2D eigenvalue weighted by molar-refractivity contribution is 9.11. The molecule has 0 N–H and O–H groups in total. The van der Waals surface area contributed by atoms with Gasteiger partial charge in [0.1, 0.15) is 0 Å². The normalized spacial score (nSPS) is 12.1. The molecule has 0 aliphatic carbocycles. The molecule has 0 radical (unpaired) electrons. The molecular formula is C7H8BrNS. The van der Waals surface area contributed by atoms with E-state index in [1.54, 1.807) is 11.3 Å². The van der Waals surface area contributed by atoms with Crippen molar-refractivity contribution in [2.75, 3.05) is 7.05 Å². The minimum atomic E-state index is 1.09. The monoisotopic (exact) mass is 217 g/mol. The molecule has 0 amide bonds. The fourth-order valence-electron chi connectivity index (χ4n) is 0.619. The molecule has 0 atom stereocenters. The topological polar surface area (TPSA) is 12.4 Å². The zero-order valence-electron chi connectivity index (χ0n) is 5.89. The Morgan fingerprint density at radius 2 is 2.30 bits per heavy atom. The summed E-state index contributed by atoms with van der Waals surface area (Å²) < 4.78 is 1.16. The molecule has 54 valence electrons. The van der Waals surface area contributed by atoms with E-state index >= 15 is 0 Å². The minimum Gasteiger partial charge on any atom is -0.292 e. The Morgan fingerprint density at radius 1 is 1.60 bits per heavy atom. The molecule has 0 saturated heterocycles. The Kier molecular flexibility index (Phi) is 2.63. The molecule has 0 bridgehead atoms. The predicted molar refractivity (Wildman–Crippen MR) is 50.2 cm³/mol. The molecule has 3 heteroatoms. The second kappa shape index (κ2) is 3.30. The van der Waals surface area contributed by atoms with E-state index in [9.17, 15) is 0 Å². The standard InChI is InChI=1S/C7H8BrNS/c1-5(9-2)6-3-4-7(8)10-6/h3-4H,1-2H3. The molecule has 1 aromatic rings. The Bertz CT molecular complexity index is 252. The van der Waals surface area contributed by atoms with Crippen molar-refractivity contribution in [2.45, 2.75) is 6.92 Å². The number of hydrogen-bond donors (Lipinski definition) is 0. The summed E-state index contributed by atoms with van der Waals surface area (Å²) in [6, 6.07) is 4.10. The Balaban J connectivity index is 2.95. The van der Waals surface area contributed by atoms with Crippen molar-refractivity contribution in [1.82, 2.24) is 0 Å². The molecule has 0 unspecified atom stereocenters. The van der Waals surface area contributed by atoms with Crippen LogP contribution in [-0.4, -0.2) is 12.8 Å². The van der Waals surface area contributed by atoms with Crippen molar-refractivity contribution in [2.24, 2.45) is 4.99 Å². The summed E-state index contributed by atoms with van der Waals surface area (Å²) in [6.07, 6.45) is 0. The highest BCUT2D eigenvalue weighted by atomic mass is 79.9. The van der Waals surface area contributed by atoms with Gasteiger partial charge in [0, 0.05) is 17.6 Å². The van der Waals surface area contributed by atoms with Gasteiger partial charge < -0.3 is 0 Å². The number of aliphatic imine (C=N–C) groups is 1. The van der Waals surface area contributed by atoms with E-state index < -0.39 is 0 Å². The summed E-state index contributed by atoms with van der Waals surface area (Å²) in [5.41, 5.74) is 1.09. The van der Waals surface area contributed by atoms with Crippen LogP contribution >= 0.6 is 27.3 Å². The number of hydrogen-bond acceptors (Lipinski definition) is 2. The zero-order valence-corrected chi connectivity index (χ0v) is 8.29. The van der Waals surface area contributed by atoms with Gasteiger partial charge in [0.2, 0.25) is 0 Å². The van der Waals surface area contributed by atoms with Crippen LogP contribution in [0.5, 0.6) is 0 Å². The first kappa shape index (κ1) is 7.95. The molecule has 0 saturated carbocycles. The van der Waals surface area contributed by atoms with E-state index in [0.717, 1.165) is 9.50 Å². The van der Waals surface area contributed by atoms with Gasteiger partial charge >= 0.3 is 0 Å². The van der Waals surface area contributed by atoms with Crippen molar-refractivity contribution >= 4 is 33.0 Å². The van der Waals surface area contributed by atoms with Crippen LogP contribution in [0.3, 0.4) is 0 Å². The second-order valence-electron chi connectivity index (χ2n) is 1.91. The summed E-state index contributed by atoms with van der Waals surface area (Å²) in [5.74, 6) is 0. The van der Waals surface area contributed by atoms with Crippen LogP contribution in [0, 0.1) is 0 Å². The Morgan fingerprint density at radius 3 is 2.70 bits per heavy atom. The summed E-state index contributed by atoms with van der Waals surface area (Å²) in [6.45, 7) is 2.01. The van der Waals surface area contributed by atoms with Crippen LogP contribution in [0.2, 0.25) is 0 Å². The third-order valence-electron chi connectivity index (χ3n) is 1.27. The Hall–Kier alpha value is -0.150. The molecule has 0 aliphatic rings. The van der Waals surface area contributed by atoms with Crippen molar-refractivity contribution in [3.63, 3.8) is 0 Å². The van der Waals surface area contributed by atoms with Crippen molar-refractivity contribution in [3.8, 4) is 0 Å². The Labute approximate surface area is 72.9 Å². The lowest BCUT2D eigenvalue weighted by Crippen LogP contribution is -1.87. The first-order chi connectivity index (χ1) is 4.74. The van der Waals surface area contributed by atoms with Crippen LogP contribution in [0.25, 0.3) is 0 Å². The SMILES string of the molecule is CN=C(C)c1ccc(Br)s1. The fraction of sp³-hybridized carbons (Fsp3) is 0.286. The molecule has 0 aliphatic heterocycles. The molecule has 1 rings (SSSR count). The maximum absolute atomic E-state index is 4.08. The minimum absolute atomic E-state index is 1.09. The number of rotatable bonds is 1. The lowest BCUT2D eigenvalue weighted by atomic mass is 10.3. The van der Waals surface area contributed by atoms with Crippen LogP contribution < -0.4 is 0 Å². The fourth-order valence-corrected chi connectivity index (χ4v) is 2.00. The first-order valence-corrected chi connectivity index (χ1v) is 4.54. The van der Waals surface area contributed by atoms with Gasteiger partial charge in [-0.1, -0.05) is 0 Å². The predicted octanol–water partition coefficient (Wildman–Crippen LogP) is 2.95. The largest absolute Gasteiger partial charge is 0.292 e. The van der Waals surface area contributed by atoms with Gasteiger partial charge in [-0.25, -0.2) is 0 Å². The van der Waals surface area contributed by atoms with Gasteiger partial charge in [0.05, 0.1) is 3.79 Å². The lowest BCUT2D eigenvalue weighted by molar-refractivity contribution is 1.43. The highest BCUT2D eigenvalue weighted by Crippen LogP contribution is 2.22. The van der Waals surface area contributed by atoms with E-state index in [2.05, 4.69) is 27.0 Å². The lowest BCUT2D eigenvalue weighted by Gasteiger charge is -1.89. The maximum atomic E-state index is 4.08. The van der Waals surface area contributed by atoms with Gasteiger partial charge in [0.15, 0.2) is 0 Å². The van der Waals surface area contributed by atoms with E-state index in [4.69, 9.17) is 0 Å². The second-order valence-corrected chi connectivity index (χ2v) is 4.38. The smallest absolute Gasteiger partial charge is 0.0705 e. The third kappa shape index (κ3) is 1.67. The number of halogens is 1.